The molecule has 154 valence electrons. The van der Waals surface area contributed by atoms with Gasteiger partial charge in [0.2, 0.25) is 0 Å². The van der Waals surface area contributed by atoms with E-state index in [1.165, 1.54) is 30.4 Å². The van der Waals surface area contributed by atoms with Gasteiger partial charge in [-0.25, -0.2) is 0 Å². The Bertz CT molecular complexity index is 723. The second kappa shape index (κ2) is 10.0. The van der Waals surface area contributed by atoms with Crippen LogP contribution >= 0.6 is 0 Å². The van der Waals surface area contributed by atoms with E-state index in [2.05, 4.69) is 47.2 Å². The van der Waals surface area contributed by atoms with Crippen molar-refractivity contribution in [2.45, 2.75) is 45.4 Å². The molecule has 0 aliphatic carbocycles. The zero-order valence-electron chi connectivity index (χ0n) is 17.5. The molecule has 1 saturated heterocycles. The number of ether oxygens (including phenoxy) is 1. The van der Waals surface area contributed by atoms with E-state index in [1.54, 1.807) is 0 Å². The SMILES string of the molecule is Cc1nn(C)cc1CN(C)Cc1ccc(OC[C@@H](O)CN2CCCCC2)cc1. The minimum atomic E-state index is -0.438. The molecule has 0 spiro atoms. The Morgan fingerprint density at radius 2 is 1.86 bits per heavy atom. The number of hydrogen-bond acceptors (Lipinski definition) is 5. The second-order valence-electron chi connectivity index (χ2n) is 8.06. The van der Waals surface area contributed by atoms with E-state index in [0.29, 0.717) is 13.2 Å². The first-order valence-corrected chi connectivity index (χ1v) is 10.3. The number of benzene rings is 1. The van der Waals surface area contributed by atoms with Crippen LogP contribution in [0.5, 0.6) is 5.75 Å². The van der Waals surface area contributed by atoms with Gasteiger partial charge in [0.15, 0.2) is 0 Å². The monoisotopic (exact) mass is 386 g/mol. The van der Waals surface area contributed by atoms with E-state index in [0.717, 1.165) is 37.6 Å². The fourth-order valence-electron chi connectivity index (χ4n) is 3.84. The number of aliphatic hydroxyl groups excluding tert-OH is 1. The highest BCUT2D eigenvalue weighted by Crippen LogP contribution is 2.16. The number of nitrogens with zero attached hydrogens (tertiary/aromatic N) is 4. The molecule has 2 aromatic rings. The molecule has 0 saturated carbocycles. The van der Waals surface area contributed by atoms with Crippen LogP contribution in [0.2, 0.25) is 0 Å². The molecule has 1 fully saturated rings. The van der Waals surface area contributed by atoms with Crippen LogP contribution in [0.3, 0.4) is 0 Å². The number of aliphatic hydroxyl groups is 1. The summed E-state index contributed by atoms with van der Waals surface area (Å²) in [6.07, 6.45) is 5.43. The number of aryl methyl sites for hydroxylation is 2. The minimum absolute atomic E-state index is 0.343. The zero-order chi connectivity index (χ0) is 19.9. The quantitative estimate of drug-likeness (QED) is 0.718. The predicted octanol–water partition coefficient (Wildman–Crippen LogP) is 2.59. The Labute approximate surface area is 168 Å². The maximum Gasteiger partial charge on any atom is 0.119 e. The normalized spacial score (nSPS) is 16.5. The van der Waals surface area contributed by atoms with Gasteiger partial charge in [0.25, 0.3) is 0 Å². The first kappa shape index (κ1) is 20.8. The summed E-state index contributed by atoms with van der Waals surface area (Å²) in [5.74, 6) is 0.812. The minimum Gasteiger partial charge on any atom is -0.491 e. The summed E-state index contributed by atoms with van der Waals surface area (Å²) in [5.41, 5.74) is 3.58. The smallest absolute Gasteiger partial charge is 0.119 e. The van der Waals surface area contributed by atoms with Crippen molar-refractivity contribution in [1.82, 2.24) is 19.6 Å². The third kappa shape index (κ3) is 6.33. The van der Waals surface area contributed by atoms with Crippen LogP contribution in [-0.2, 0) is 20.1 Å². The number of likely N-dealkylation sites (tertiary alicyclic amines) is 1. The average molecular weight is 387 g/mol. The summed E-state index contributed by atoms with van der Waals surface area (Å²) in [6.45, 7) is 7.03. The molecular weight excluding hydrogens is 352 g/mol. The van der Waals surface area contributed by atoms with Gasteiger partial charge in [-0.05, 0) is 57.6 Å². The Kier molecular flexibility index (Phi) is 7.48. The summed E-state index contributed by atoms with van der Waals surface area (Å²) in [4.78, 5) is 4.61. The lowest BCUT2D eigenvalue weighted by atomic mass is 10.1. The molecular formula is C22H34N4O2. The fraction of sp³-hybridized carbons (Fsp3) is 0.591. The van der Waals surface area contributed by atoms with Crippen molar-refractivity contribution in [3.05, 3.63) is 47.3 Å². The Balaban J connectivity index is 1.42. The number of hydrogen-bond donors (Lipinski definition) is 1. The molecule has 0 unspecified atom stereocenters. The van der Waals surface area contributed by atoms with Crippen molar-refractivity contribution in [2.24, 2.45) is 7.05 Å². The maximum atomic E-state index is 10.2. The molecule has 1 aliphatic rings. The molecule has 0 radical (unpaired) electrons. The summed E-state index contributed by atoms with van der Waals surface area (Å²) < 4.78 is 7.65. The molecule has 6 heteroatoms. The van der Waals surface area contributed by atoms with E-state index >= 15 is 0 Å². The molecule has 6 nitrogen and oxygen atoms in total. The van der Waals surface area contributed by atoms with Gasteiger partial charge in [-0.3, -0.25) is 9.58 Å². The molecule has 1 aliphatic heterocycles. The average Bonchev–Trinajstić information content (AvgIpc) is 2.98. The van der Waals surface area contributed by atoms with Gasteiger partial charge in [-0.15, -0.1) is 0 Å². The molecule has 2 heterocycles. The molecule has 1 aromatic carbocycles. The molecule has 0 amide bonds. The third-order valence-electron chi connectivity index (χ3n) is 5.29. The number of piperidine rings is 1. The number of β-amino-alcohol motifs (C(OH)–C–C–N with tert-alkyl or cyclic N) is 1. The first-order valence-electron chi connectivity index (χ1n) is 10.3. The largest absolute Gasteiger partial charge is 0.491 e. The Hall–Kier alpha value is -1.89. The lowest BCUT2D eigenvalue weighted by Gasteiger charge is -2.28. The van der Waals surface area contributed by atoms with E-state index in [1.807, 2.05) is 23.9 Å². The lowest BCUT2D eigenvalue weighted by Crippen LogP contribution is -2.38. The van der Waals surface area contributed by atoms with Crippen LogP contribution < -0.4 is 4.74 Å². The molecule has 1 aromatic heterocycles. The summed E-state index contributed by atoms with van der Waals surface area (Å²) in [5, 5.41) is 14.6. The summed E-state index contributed by atoms with van der Waals surface area (Å²) in [7, 11) is 4.08. The molecule has 0 bridgehead atoms. The van der Waals surface area contributed by atoms with Crippen LogP contribution in [-0.4, -0.2) is 64.1 Å². The van der Waals surface area contributed by atoms with Gasteiger partial charge in [0, 0.05) is 38.4 Å². The van der Waals surface area contributed by atoms with Gasteiger partial charge in [-0.2, -0.15) is 5.10 Å². The van der Waals surface area contributed by atoms with E-state index in [-0.39, 0.29) is 0 Å². The molecule has 3 rings (SSSR count). The second-order valence-corrected chi connectivity index (χ2v) is 8.06. The van der Waals surface area contributed by atoms with Crippen molar-refractivity contribution in [3.8, 4) is 5.75 Å². The van der Waals surface area contributed by atoms with Gasteiger partial charge in [0.1, 0.15) is 18.5 Å². The predicted molar refractivity (Wildman–Crippen MR) is 111 cm³/mol. The van der Waals surface area contributed by atoms with Gasteiger partial charge in [-0.1, -0.05) is 18.6 Å². The van der Waals surface area contributed by atoms with Crippen molar-refractivity contribution < 1.29 is 9.84 Å². The van der Waals surface area contributed by atoms with Crippen molar-refractivity contribution >= 4 is 0 Å². The van der Waals surface area contributed by atoms with Crippen LogP contribution in [0.4, 0.5) is 0 Å². The maximum absolute atomic E-state index is 10.2. The van der Waals surface area contributed by atoms with E-state index < -0.39 is 6.10 Å². The highest BCUT2D eigenvalue weighted by atomic mass is 16.5. The topological polar surface area (TPSA) is 53.8 Å². The molecule has 28 heavy (non-hydrogen) atoms. The van der Waals surface area contributed by atoms with Gasteiger partial charge >= 0.3 is 0 Å². The van der Waals surface area contributed by atoms with Crippen molar-refractivity contribution in [1.29, 1.82) is 0 Å². The molecule has 1 atom stereocenters. The highest BCUT2D eigenvalue weighted by molar-refractivity contribution is 5.27. The van der Waals surface area contributed by atoms with Crippen LogP contribution in [0.15, 0.2) is 30.5 Å². The van der Waals surface area contributed by atoms with Crippen molar-refractivity contribution in [2.75, 3.05) is 33.3 Å². The Morgan fingerprint density at radius 3 is 2.50 bits per heavy atom. The lowest BCUT2D eigenvalue weighted by molar-refractivity contribution is 0.0617. The standard InChI is InChI=1S/C22H34N4O2/c1-18-20(15-25(3)23-18)14-24(2)13-19-7-9-22(10-8-19)28-17-21(27)16-26-11-5-4-6-12-26/h7-10,15,21,27H,4-6,11-14,16-17H2,1-3H3/t21-/m0/s1. The summed E-state index contributed by atoms with van der Waals surface area (Å²) >= 11 is 0. The van der Waals surface area contributed by atoms with E-state index in [4.69, 9.17) is 4.74 Å². The number of rotatable bonds is 9. The Morgan fingerprint density at radius 1 is 1.14 bits per heavy atom. The van der Waals surface area contributed by atoms with Crippen molar-refractivity contribution in [3.63, 3.8) is 0 Å². The highest BCUT2D eigenvalue weighted by Gasteiger charge is 2.15. The van der Waals surface area contributed by atoms with E-state index in [9.17, 15) is 5.11 Å². The molecule has 1 N–H and O–H groups in total. The van der Waals surface area contributed by atoms with Gasteiger partial charge < -0.3 is 14.7 Å². The fourth-order valence-corrected chi connectivity index (χ4v) is 3.84. The van der Waals surface area contributed by atoms with Gasteiger partial charge in [0.05, 0.1) is 5.69 Å². The van der Waals surface area contributed by atoms with Crippen LogP contribution in [0.1, 0.15) is 36.1 Å². The van der Waals surface area contributed by atoms with Crippen LogP contribution in [0.25, 0.3) is 0 Å². The third-order valence-corrected chi connectivity index (χ3v) is 5.29. The zero-order valence-corrected chi connectivity index (χ0v) is 17.5. The summed E-state index contributed by atoms with van der Waals surface area (Å²) in [6, 6.07) is 8.18. The van der Waals surface area contributed by atoms with Crippen LogP contribution in [0, 0.1) is 6.92 Å². The number of aromatic nitrogens is 2. The first-order chi connectivity index (χ1) is 13.5.